The molecule has 2 amide bonds. The summed E-state index contributed by atoms with van der Waals surface area (Å²) in [6, 6.07) is 10.9. The number of halogens is 2. The Labute approximate surface area is 220 Å². The third kappa shape index (κ3) is 8.12. The molecule has 0 aliphatic carbocycles. The number of hydrogen-bond acceptors (Lipinski definition) is 5. The zero-order valence-corrected chi connectivity index (χ0v) is 23.6. The maximum absolute atomic E-state index is 13.6. The van der Waals surface area contributed by atoms with Crippen molar-refractivity contribution in [2.75, 3.05) is 24.2 Å². The van der Waals surface area contributed by atoms with Gasteiger partial charge in [0.1, 0.15) is 18.3 Å². The summed E-state index contributed by atoms with van der Waals surface area (Å²) >= 11 is 9.50. The molecule has 0 aliphatic rings. The Kier molecular flexibility index (Phi) is 10.4. The largest absolute Gasteiger partial charge is 0.495 e. The molecule has 0 saturated carbocycles. The van der Waals surface area contributed by atoms with Gasteiger partial charge in [-0.1, -0.05) is 46.6 Å². The molecule has 0 aliphatic heterocycles. The van der Waals surface area contributed by atoms with Crippen LogP contribution in [0.1, 0.15) is 32.8 Å². The van der Waals surface area contributed by atoms with Crippen LogP contribution in [0, 0.1) is 0 Å². The Hall–Kier alpha value is -2.30. The molecule has 0 spiro atoms. The predicted molar refractivity (Wildman–Crippen MR) is 142 cm³/mol. The van der Waals surface area contributed by atoms with E-state index in [1.807, 2.05) is 38.1 Å². The third-order valence-corrected chi connectivity index (χ3v) is 7.41. The second-order valence-electron chi connectivity index (χ2n) is 8.23. The highest BCUT2D eigenvalue weighted by Gasteiger charge is 2.31. The number of nitrogens with one attached hydrogen (secondary N) is 1. The van der Waals surface area contributed by atoms with Crippen molar-refractivity contribution in [3.05, 3.63) is 57.5 Å². The van der Waals surface area contributed by atoms with Crippen LogP contribution >= 0.6 is 27.5 Å². The minimum absolute atomic E-state index is 0.0715. The molecule has 0 aromatic heterocycles. The van der Waals surface area contributed by atoms with Gasteiger partial charge in [-0.2, -0.15) is 0 Å². The van der Waals surface area contributed by atoms with E-state index in [1.165, 1.54) is 24.1 Å². The normalized spacial score (nSPS) is 13.0. The maximum atomic E-state index is 13.6. The number of carbonyl (C=O) groups is 2. The van der Waals surface area contributed by atoms with Crippen LogP contribution in [-0.2, 0) is 26.2 Å². The summed E-state index contributed by atoms with van der Waals surface area (Å²) in [5.74, 6) is -0.627. The predicted octanol–water partition coefficient (Wildman–Crippen LogP) is 4.21. The van der Waals surface area contributed by atoms with E-state index >= 15 is 0 Å². The first-order valence-corrected chi connectivity index (χ1v) is 14.0. The monoisotopic (exact) mass is 587 g/mol. The summed E-state index contributed by atoms with van der Waals surface area (Å²) in [6.45, 7) is 5.03. The number of carbonyl (C=O) groups excluding carboxylic acids is 2. The van der Waals surface area contributed by atoms with Gasteiger partial charge in [0.2, 0.25) is 21.8 Å². The maximum Gasteiger partial charge on any atom is 0.244 e. The molecule has 35 heavy (non-hydrogen) atoms. The van der Waals surface area contributed by atoms with E-state index in [9.17, 15) is 18.0 Å². The van der Waals surface area contributed by atoms with Gasteiger partial charge in [0.15, 0.2) is 0 Å². The number of hydrogen-bond donors (Lipinski definition) is 1. The summed E-state index contributed by atoms with van der Waals surface area (Å²) in [6.07, 6.45) is 1.73. The van der Waals surface area contributed by atoms with E-state index < -0.39 is 28.5 Å². The van der Waals surface area contributed by atoms with Gasteiger partial charge in [0.25, 0.3) is 0 Å². The fourth-order valence-electron chi connectivity index (χ4n) is 3.29. The van der Waals surface area contributed by atoms with Gasteiger partial charge in [0.05, 0.1) is 19.1 Å². The number of ether oxygens (including phenoxy) is 1. The van der Waals surface area contributed by atoms with E-state index in [-0.39, 0.29) is 35.0 Å². The zero-order chi connectivity index (χ0) is 26.3. The molecule has 0 radical (unpaired) electrons. The van der Waals surface area contributed by atoms with Gasteiger partial charge < -0.3 is 15.0 Å². The smallest absolute Gasteiger partial charge is 0.244 e. The lowest BCUT2D eigenvalue weighted by molar-refractivity contribution is -0.139. The van der Waals surface area contributed by atoms with Gasteiger partial charge in [-0.3, -0.25) is 13.9 Å². The molecule has 1 N–H and O–H groups in total. The molecule has 8 nitrogen and oxygen atoms in total. The average Bonchev–Trinajstić information content (AvgIpc) is 2.80. The lowest BCUT2D eigenvalue weighted by Crippen LogP contribution is -2.52. The molecule has 2 aromatic rings. The minimum atomic E-state index is -3.90. The van der Waals surface area contributed by atoms with Gasteiger partial charge >= 0.3 is 0 Å². The van der Waals surface area contributed by atoms with Crippen molar-refractivity contribution < 1.29 is 22.7 Å². The number of nitrogens with zero attached hydrogens (tertiary/aromatic N) is 2. The lowest BCUT2D eigenvalue weighted by atomic mass is 10.1. The fourth-order valence-corrected chi connectivity index (χ4v) is 4.56. The highest BCUT2D eigenvalue weighted by molar-refractivity contribution is 9.10. The van der Waals surface area contributed by atoms with Crippen LogP contribution in [0.2, 0.25) is 5.02 Å². The second kappa shape index (κ2) is 12.6. The first kappa shape index (κ1) is 28.9. The summed E-state index contributed by atoms with van der Waals surface area (Å²) in [4.78, 5) is 27.9. The summed E-state index contributed by atoms with van der Waals surface area (Å²) in [7, 11) is -2.50. The van der Waals surface area contributed by atoms with E-state index in [0.29, 0.717) is 0 Å². The summed E-state index contributed by atoms with van der Waals surface area (Å²) in [5, 5.41) is 3.18. The Morgan fingerprint density at radius 3 is 2.31 bits per heavy atom. The fraction of sp³-hybridized carbons (Fsp3) is 0.417. The third-order valence-electron chi connectivity index (χ3n) is 5.52. The van der Waals surface area contributed by atoms with Crippen molar-refractivity contribution in [2.45, 2.75) is 45.8 Å². The number of methoxy groups -OCH3 is 1. The van der Waals surface area contributed by atoms with Crippen LogP contribution in [0.5, 0.6) is 5.75 Å². The van der Waals surface area contributed by atoms with Crippen molar-refractivity contribution in [1.29, 1.82) is 0 Å². The molecule has 2 atom stereocenters. The molecule has 192 valence electrons. The molecule has 0 bridgehead atoms. The molecule has 0 unspecified atom stereocenters. The number of amides is 2. The number of benzene rings is 2. The van der Waals surface area contributed by atoms with Crippen molar-refractivity contribution in [2.24, 2.45) is 0 Å². The van der Waals surface area contributed by atoms with Crippen LogP contribution in [0.15, 0.2) is 46.9 Å². The van der Waals surface area contributed by atoms with Gasteiger partial charge in [-0.05, 0) is 56.2 Å². The highest BCUT2D eigenvalue weighted by atomic mass is 79.9. The van der Waals surface area contributed by atoms with E-state index in [2.05, 4.69) is 21.2 Å². The molecule has 2 rings (SSSR count). The highest BCUT2D eigenvalue weighted by Crippen LogP contribution is 2.33. The van der Waals surface area contributed by atoms with Crippen molar-refractivity contribution in [3.63, 3.8) is 0 Å². The molecule has 0 fully saturated rings. The Morgan fingerprint density at radius 1 is 1.14 bits per heavy atom. The number of rotatable bonds is 11. The molecule has 2 aromatic carbocycles. The molecule has 0 heterocycles. The Morgan fingerprint density at radius 2 is 1.77 bits per heavy atom. The van der Waals surface area contributed by atoms with Crippen LogP contribution in [-0.4, -0.2) is 57.1 Å². The van der Waals surface area contributed by atoms with Crippen LogP contribution in [0.25, 0.3) is 0 Å². The van der Waals surface area contributed by atoms with E-state index in [0.717, 1.165) is 27.0 Å². The van der Waals surface area contributed by atoms with Crippen LogP contribution in [0.4, 0.5) is 5.69 Å². The van der Waals surface area contributed by atoms with Crippen LogP contribution in [0.3, 0.4) is 0 Å². The first-order chi connectivity index (χ1) is 16.4. The van der Waals surface area contributed by atoms with E-state index in [1.54, 1.807) is 13.0 Å². The first-order valence-electron chi connectivity index (χ1n) is 11.0. The zero-order valence-electron chi connectivity index (χ0n) is 20.4. The minimum Gasteiger partial charge on any atom is -0.495 e. The van der Waals surface area contributed by atoms with E-state index in [4.69, 9.17) is 16.3 Å². The molecule has 0 saturated heterocycles. The quantitative estimate of drug-likeness (QED) is 0.424. The second-order valence-corrected chi connectivity index (χ2v) is 11.5. The Bertz CT molecular complexity index is 1140. The topological polar surface area (TPSA) is 96.0 Å². The standard InChI is InChI=1S/C24H31BrClN3O5S/c1-6-16(2)27-24(31)17(3)28(14-18-7-9-19(25)10-8-18)23(30)15-29(35(5,32)33)21-13-20(26)11-12-22(21)34-4/h7-13,16-17H,6,14-15H2,1-5H3,(H,27,31)/t16-,17-/m1/s1. The van der Waals surface area contributed by atoms with Crippen molar-refractivity contribution >= 4 is 55.1 Å². The Balaban J connectivity index is 2.45. The van der Waals surface area contributed by atoms with Crippen molar-refractivity contribution in [3.8, 4) is 5.75 Å². The number of sulfonamides is 1. The summed E-state index contributed by atoms with van der Waals surface area (Å²) < 4.78 is 32.6. The lowest BCUT2D eigenvalue weighted by Gasteiger charge is -2.32. The number of anilines is 1. The van der Waals surface area contributed by atoms with Gasteiger partial charge in [0, 0.05) is 22.1 Å². The molecular weight excluding hydrogens is 558 g/mol. The van der Waals surface area contributed by atoms with Crippen molar-refractivity contribution in [1.82, 2.24) is 10.2 Å². The molecule has 11 heteroatoms. The average molecular weight is 589 g/mol. The molecular formula is C24H31BrClN3O5S. The SMILES string of the molecule is CC[C@@H](C)NC(=O)[C@@H](C)N(Cc1ccc(Br)cc1)C(=O)CN(c1cc(Cl)ccc1OC)S(C)(=O)=O. The van der Waals surface area contributed by atoms with Gasteiger partial charge in [-0.15, -0.1) is 0 Å². The van der Waals surface area contributed by atoms with Crippen LogP contribution < -0.4 is 14.4 Å². The van der Waals surface area contributed by atoms with Gasteiger partial charge in [-0.25, -0.2) is 8.42 Å². The summed E-state index contributed by atoms with van der Waals surface area (Å²) in [5.41, 5.74) is 0.923.